The Bertz CT molecular complexity index is 1190. The highest BCUT2D eigenvalue weighted by molar-refractivity contribution is 5.94. The number of benzene rings is 1. The lowest BCUT2D eigenvalue weighted by Gasteiger charge is -2.36. The Morgan fingerprint density at radius 3 is 2.44 bits per heavy atom. The Labute approximate surface area is 180 Å². The first kappa shape index (κ1) is 21.8. The molecule has 0 saturated carbocycles. The molecular formula is C21H20F3N5O3. The van der Waals surface area contributed by atoms with Crippen LogP contribution in [-0.4, -0.2) is 63.2 Å². The maximum Gasteiger partial charge on any atom is 0.433 e. The fourth-order valence-electron chi connectivity index (χ4n) is 3.65. The van der Waals surface area contributed by atoms with Crippen LogP contribution in [0.2, 0.25) is 0 Å². The fourth-order valence-corrected chi connectivity index (χ4v) is 3.65. The number of anilines is 1. The van der Waals surface area contributed by atoms with Crippen molar-refractivity contribution >= 4 is 22.5 Å². The largest absolute Gasteiger partial charge is 0.433 e. The standard InChI is InChI=1S/C21H20F3N5O3/c22-21(23,24)18-4-1-14(12-25-18)19(31)28-7-5-27(6-8-28)15-2-3-16-17(11-15)26-13-29(9-10-30)20(16)32/h1-4,11-13,30H,5-10H2. The highest BCUT2D eigenvalue weighted by atomic mass is 19.4. The van der Waals surface area contributed by atoms with E-state index in [1.807, 2.05) is 6.07 Å². The lowest BCUT2D eigenvalue weighted by molar-refractivity contribution is -0.141. The van der Waals surface area contributed by atoms with E-state index in [0.717, 1.165) is 24.0 Å². The van der Waals surface area contributed by atoms with Crippen molar-refractivity contribution in [3.05, 3.63) is 64.5 Å². The van der Waals surface area contributed by atoms with Crippen molar-refractivity contribution in [2.24, 2.45) is 0 Å². The first-order valence-corrected chi connectivity index (χ1v) is 9.95. The molecule has 1 N–H and O–H groups in total. The molecule has 2 aromatic heterocycles. The van der Waals surface area contributed by atoms with Gasteiger partial charge in [-0.1, -0.05) is 0 Å². The zero-order valence-corrected chi connectivity index (χ0v) is 16.9. The minimum atomic E-state index is -4.55. The quantitative estimate of drug-likeness (QED) is 0.656. The van der Waals surface area contributed by atoms with Crippen molar-refractivity contribution in [2.45, 2.75) is 12.7 Å². The number of hydrogen-bond acceptors (Lipinski definition) is 6. The molecule has 0 spiro atoms. The SMILES string of the molecule is O=C(c1ccc(C(F)(F)F)nc1)N1CCN(c2ccc3c(=O)n(CCO)cnc3c2)CC1. The van der Waals surface area contributed by atoms with Gasteiger partial charge in [0.2, 0.25) is 0 Å². The molecule has 0 unspecified atom stereocenters. The zero-order chi connectivity index (χ0) is 22.9. The highest BCUT2D eigenvalue weighted by Gasteiger charge is 2.32. The van der Waals surface area contributed by atoms with Crippen LogP contribution in [-0.2, 0) is 12.7 Å². The van der Waals surface area contributed by atoms with E-state index in [-0.39, 0.29) is 30.2 Å². The summed E-state index contributed by atoms with van der Waals surface area (Å²) in [6, 6.07) is 7.26. The zero-order valence-electron chi connectivity index (χ0n) is 16.9. The summed E-state index contributed by atoms with van der Waals surface area (Å²) in [5.74, 6) is -0.365. The number of aromatic nitrogens is 3. The van der Waals surface area contributed by atoms with Crippen LogP contribution in [0.15, 0.2) is 47.7 Å². The van der Waals surface area contributed by atoms with E-state index < -0.39 is 11.9 Å². The van der Waals surface area contributed by atoms with Gasteiger partial charge in [0.1, 0.15) is 5.69 Å². The number of alkyl halides is 3. The fraction of sp³-hybridized carbons (Fsp3) is 0.333. The number of fused-ring (bicyclic) bond motifs is 1. The highest BCUT2D eigenvalue weighted by Crippen LogP contribution is 2.27. The number of aliphatic hydroxyl groups is 1. The lowest BCUT2D eigenvalue weighted by Crippen LogP contribution is -2.48. The third-order valence-electron chi connectivity index (χ3n) is 5.38. The number of rotatable bonds is 4. The summed E-state index contributed by atoms with van der Waals surface area (Å²) in [5.41, 5.74) is 0.243. The normalized spacial score (nSPS) is 14.8. The molecule has 8 nitrogen and oxygen atoms in total. The van der Waals surface area contributed by atoms with Gasteiger partial charge in [-0.25, -0.2) is 4.98 Å². The second-order valence-corrected chi connectivity index (χ2v) is 7.38. The number of carbonyl (C=O) groups is 1. The summed E-state index contributed by atoms with van der Waals surface area (Å²) in [6.07, 6.45) is -2.19. The number of nitrogens with zero attached hydrogens (tertiary/aromatic N) is 5. The van der Waals surface area contributed by atoms with Gasteiger partial charge < -0.3 is 14.9 Å². The van der Waals surface area contributed by atoms with Crippen LogP contribution < -0.4 is 10.5 Å². The number of halogens is 3. The number of hydrogen-bond donors (Lipinski definition) is 1. The minimum Gasteiger partial charge on any atom is -0.395 e. The molecular weight excluding hydrogens is 427 g/mol. The number of aliphatic hydroxyl groups excluding tert-OH is 1. The Balaban J connectivity index is 1.44. The Morgan fingerprint density at radius 2 is 1.81 bits per heavy atom. The molecule has 0 radical (unpaired) electrons. The molecule has 3 aromatic rings. The molecule has 1 aliphatic heterocycles. The molecule has 3 heterocycles. The van der Waals surface area contributed by atoms with Gasteiger partial charge in [0.25, 0.3) is 11.5 Å². The second-order valence-electron chi connectivity index (χ2n) is 7.38. The van der Waals surface area contributed by atoms with Crippen molar-refractivity contribution in [1.82, 2.24) is 19.4 Å². The summed E-state index contributed by atoms with van der Waals surface area (Å²) in [5, 5.41) is 9.49. The molecule has 1 fully saturated rings. The van der Waals surface area contributed by atoms with Gasteiger partial charge in [0.05, 0.1) is 35.9 Å². The van der Waals surface area contributed by atoms with Crippen molar-refractivity contribution in [1.29, 1.82) is 0 Å². The monoisotopic (exact) mass is 447 g/mol. The van der Waals surface area contributed by atoms with Gasteiger partial charge >= 0.3 is 6.18 Å². The lowest BCUT2D eigenvalue weighted by atomic mass is 10.1. The van der Waals surface area contributed by atoms with Crippen LogP contribution >= 0.6 is 0 Å². The van der Waals surface area contributed by atoms with E-state index >= 15 is 0 Å². The topological polar surface area (TPSA) is 91.6 Å². The van der Waals surface area contributed by atoms with Crippen LogP contribution in [0, 0.1) is 0 Å². The second kappa shape index (κ2) is 8.58. The number of carbonyl (C=O) groups excluding carboxylic acids is 1. The smallest absolute Gasteiger partial charge is 0.395 e. The van der Waals surface area contributed by atoms with Gasteiger partial charge in [0, 0.05) is 38.1 Å². The summed E-state index contributed by atoms with van der Waals surface area (Å²) in [4.78, 5) is 36.3. The summed E-state index contributed by atoms with van der Waals surface area (Å²) < 4.78 is 39.3. The van der Waals surface area contributed by atoms with Crippen molar-refractivity contribution in [2.75, 3.05) is 37.7 Å². The van der Waals surface area contributed by atoms with Gasteiger partial charge in [-0.3, -0.25) is 19.1 Å². The Kier molecular flexibility index (Phi) is 5.83. The summed E-state index contributed by atoms with van der Waals surface area (Å²) in [7, 11) is 0. The molecule has 32 heavy (non-hydrogen) atoms. The van der Waals surface area contributed by atoms with E-state index in [9.17, 15) is 22.8 Å². The minimum absolute atomic E-state index is 0.112. The van der Waals surface area contributed by atoms with Crippen LogP contribution in [0.25, 0.3) is 10.9 Å². The average Bonchev–Trinajstić information content (AvgIpc) is 2.80. The molecule has 0 aliphatic carbocycles. The molecule has 11 heteroatoms. The Hall–Kier alpha value is -3.47. The van der Waals surface area contributed by atoms with Gasteiger partial charge in [0.15, 0.2) is 0 Å². The van der Waals surface area contributed by atoms with Crippen molar-refractivity contribution in [3.63, 3.8) is 0 Å². The number of pyridine rings is 1. The van der Waals surface area contributed by atoms with E-state index in [2.05, 4.69) is 14.9 Å². The predicted octanol–water partition coefficient (Wildman–Crippen LogP) is 1.76. The van der Waals surface area contributed by atoms with E-state index in [0.29, 0.717) is 37.1 Å². The van der Waals surface area contributed by atoms with E-state index in [1.54, 1.807) is 17.0 Å². The molecule has 1 saturated heterocycles. The third kappa shape index (κ3) is 4.28. The van der Waals surface area contributed by atoms with Crippen LogP contribution in [0.3, 0.4) is 0 Å². The molecule has 1 aromatic carbocycles. The maximum absolute atomic E-state index is 12.7. The molecule has 4 rings (SSSR count). The van der Waals surface area contributed by atoms with E-state index in [1.165, 1.54) is 10.9 Å². The average molecular weight is 447 g/mol. The predicted molar refractivity (Wildman–Crippen MR) is 110 cm³/mol. The maximum atomic E-state index is 12.7. The third-order valence-corrected chi connectivity index (χ3v) is 5.38. The molecule has 1 aliphatic rings. The van der Waals surface area contributed by atoms with E-state index in [4.69, 9.17) is 5.11 Å². The first-order valence-electron chi connectivity index (χ1n) is 9.95. The van der Waals surface area contributed by atoms with Crippen molar-refractivity contribution < 1.29 is 23.1 Å². The molecule has 168 valence electrons. The Morgan fingerprint density at radius 1 is 1.06 bits per heavy atom. The van der Waals surface area contributed by atoms with Gasteiger partial charge in [-0.15, -0.1) is 0 Å². The van der Waals surface area contributed by atoms with Gasteiger partial charge in [-0.2, -0.15) is 13.2 Å². The molecule has 0 atom stereocenters. The summed E-state index contributed by atoms with van der Waals surface area (Å²) >= 11 is 0. The van der Waals surface area contributed by atoms with Crippen LogP contribution in [0.1, 0.15) is 16.1 Å². The van der Waals surface area contributed by atoms with Gasteiger partial charge in [-0.05, 0) is 30.3 Å². The summed E-state index contributed by atoms with van der Waals surface area (Å²) in [6.45, 7) is 1.84. The molecule has 0 bridgehead atoms. The number of amides is 1. The van der Waals surface area contributed by atoms with Crippen LogP contribution in [0.5, 0.6) is 0 Å². The molecule has 1 amide bonds. The first-order chi connectivity index (χ1) is 15.3. The van der Waals surface area contributed by atoms with Crippen molar-refractivity contribution in [3.8, 4) is 0 Å². The van der Waals surface area contributed by atoms with Crippen LogP contribution in [0.4, 0.5) is 18.9 Å². The number of piperazine rings is 1.